The molecule has 1 aromatic heterocycles. The van der Waals surface area contributed by atoms with Crippen molar-refractivity contribution in [3.05, 3.63) is 94.3 Å². The first-order chi connectivity index (χ1) is 31.5. The number of halogens is 2. The monoisotopic (exact) mass is 959 g/mol. The van der Waals surface area contributed by atoms with Gasteiger partial charge in [0.1, 0.15) is 30.3 Å². The summed E-state index contributed by atoms with van der Waals surface area (Å²) in [6, 6.07) is 17.5. The molecule has 0 unspecified atom stereocenters. The maximum absolute atomic E-state index is 15.3. The number of carbonyl (C=O) groups is 4. The van der Waals surface area contributed by atoms with E-state index in [1.54, 1.807) is 52.6 Å². The summed E-state index contributed by atoms with van der Waals surface area (Å²) in [6.45, 7) is 10.9. The number of nitrogens with zero attached hydrogens (tertiary/aromatic N) is 5. The molecular weight excluding hydrogens is 905 g/mol. The lowest BCUT2D eigenvalue weighted by Crippen LogP contribution is -2.58. The van der Waals surface area contributed by atoms with E-state index in [2.05, 4.69) is 15.6 Å². The number of aromatic nitrogens is 1. The molecule has 2 fully saturated rings. The van der Waals surface area contributed by atoms with E-state index in [4.69, 9.17) is 38.0 Å². The second kappa shape index (κ2) is 22.3. The van der Waals surface area contributed by atoms with Gasteiger partial charge in [0.2, 0.25) is 17.7 Å². The molecule has 0 saturated carbocycles. The number of nitriles is 1. The van der Waals surface area contributed by atoms with E-state index in [0.29, 0.717) is 69.8 Å². The van der Waals surface area contributed by atoms with Crippen molar-refractivity contribution < 1.29 is 37.8 Å². The number of nitrogens with one attached hydrogen (secondary N) is 2. The number of hydrogen-bond acceptors (Lipinski definition) is 11. The fourth-order valence-corrected chi connectivity index (χ4v) is 9.09. The SMILES string of the molecule is CC(C)(C)[C@H](NC(=O)COCCCOCCCCOc1ccc(N2C(=S)N(c3ccc(C#N)c(Cl)c3)C(=O)C2(C)C)cc1F)C(=O)N1CCC[C@H]1C(=O)NCc1ccc(-c2cncs2)cc1. The number of thiocarbonyl (C=S) groups is 1. The van der Waals surface area contributed by atoms with Gasteiger partial charge in [-0.3, -0.25) is 29.1 Å². The standard InChI is InChI=1S/C48H55ClFN7O7S2/c1-47(2,3)42(44(60)55-19-8-10-38(55)43(59)53-27-31-11-13-32(14-12-31)40-28-52-30-66-40)54-41(58)29-63-22-9-21-62-20-6-7-23-64-39-18-17-35(25-37(39)50)57-46(65)56(45(61)48(57,4)5)34-16-15-33(26-51)36(49)24-34/h11-18,24-25,28,30,38,42H,6-10,19-23,27,29H2,1-5H3,(H,53,59)(H,54,58)/t38-,42+/m0/s1. The Balaban J connectivity index is 0.856. The lowest BCUT2D eigenvalue weighted by Gasteiger charge is -2.35. The minimum Gasteiger partial charge on any atom is -0.491 e. The molecule has 2 atom stereocenters. The van der Waals surface area contributed by atoms with Gasteiger partial charge in [-0.15, -0.1) is 11.3 Å². The van der Waals surface area contributed by atoms with Crippen LogP contribution in [-0.2, 0) is 35.2 Å². The van der Waals surface area contributed by atoms with Crippen molar-refractivity contribution in [2.24, 2.45) is 5.41 Å². The molecule has 66 heavy (non-hydrogen) atoms. The molecule has 4 amide bonds. The topological polar surface area (TPSA) is 166 Å². The summed E-state index contributed by atoms with van der Waals surface area (Å²) in [5.74, 6) is -1.81. The van der Waals surface area contributed by atoms with Crippen LogP contribution < -0.4 is 25.2 Å². The number of likely N-dealkylation sites (tertiary alicyclic amines) is 1. The predicted molar refractivity (Wildman–Crippen MR) is 256 cm³/mol. The summed E-state index contributed by atoms with van der Waals surface area (Å²) >= 11 is 13.5. The van der Waals surface area contributed by atoms with Crippen LogP contribution in [0.15, 0.2) is 72.4 Å². The molecule has 2 aliphatic heterocycles. The number of thiazole rings is 1. The van der Waals surface area contributed by atoms with Crippen molar-refractivity contribution in [3.63, 3.8) is 0 Å². The quantitative estimate of drug-likeness (QED) is 0.0656. The van der Waals surface area contributed by atoms with E-state index in [1.165, 1.54) is 29.2 Å². The zero-order valence-corrected chi connectivity index (χ0v) is 40.1. The lowest BCUT2D eigenvalue weighted by molar-refractivity contribution is -0.144. The average molecular weight is 961 g/mol. The van der Waals surface area contributed by atoms with E-state index in [0.717, 1.165) is 16.0 Å². The smallest absolute Gasteiger partial charge is 0.259 e. The third kappa shape index (κ3) is 12.1. The van der Waals surface area contributed by atoms with Gasteiger partial charge in [-0.1, -0.05) is 56.6 Å². The van der Waals surface area contributed by atoms with Crippen LogP contribution >= 0.6 is 35.2 Å². The van der Waals surface area contributed by atoms with Crippen LogP contribution in [0.5, 0.6) is 5.75 Å². The Kier molecular flexibility index (Phi) is 16.9. The normalized spacial score (nSPS) is 16.3. The molecule has 14 nitrogen and oxygen atoms in total. The van der Waals surface area contributed by atoms with E-state index >= 15 is 4.39 Å². The molecule has 2 aliphatic rings. The highest BCUT2D eigenvalue weighted by molar-refractivity contribution is 7.81. The molecule has 4 aromatic rings. The summed E-state index contributed by atoms with van der Waals surface area (Å²) in [4.78, 5) is 63.4. The first-order valence-electron chi connectivity index (χ1n) is 21.8. The molecule has 6 rings (SSSR count). The van der Waals surface area contributed by atoms with Gasteiger partial charge in [-0.05, 0) is 105 Å². The van der Waals surface area contributed by atoms with Gasteiger partial charge < -0.3 is 34.6 Å². The van der Waals surface area contributed by atoms with Crippen LogP contribution in [0.2, 0.25) is 5.02 Å². The Hall–Kier alpha value is -5.51. The second-order valence-electron chi connectivity index (χ2n) is 17.6. The number of carbonyl (C=O) groups excluding carboxylic acids is 4. The number of ether oxygens (including phenoxy) is 3. The minimum absolute atomic E-state index is 0.0636. The van der Waals surface area contributed by atoms with Crippen molar-refractivity contribution >= 4 is 75.3 Å². The Morgan fingerprint density at radius 2 is 1.73 bits per heavy atom. The molecule has 2 saturated heterocycles. The van der Waals surface area contributed by atoms with Crippen molar-refractivity contribution in [2.45, 2.75) is 90.9 Å². The van der Waals surface area contributed by atoms with Crippen molar-refractivity contribution in [2.75, 3.05) is 49.4 Å². The zero-order chi connectivity index (χ0) is 47.6. The average Bonchev–Trinajstić information content (AvgIpc) is 4.04. The van der Waals surface area contributed by atoms with Crippen molar-refractivity contribution in [1.82, 2.24) is 20.5 Å². The van der Waals surface area contributed by atoms with Gasteiger partial charge in [-0.25, -0.2) is 4.39 Å². The van der Waals surface area contributed by atoms with Crippen LogP contribution in [0, 0.1) is 22.6 Å². The Labute approximate surface area is 399 Å². The predicted octanol–water partition coefficient (Wildman–Crippen LogP) is 7.81. The van der Waals surface area contributed by atoms with Crippen LogP contribution in [0.3, 0.4) is 0 Å². The summed E-state index contributed by atoms with van der Waals surface area (Å²) in [5, 5.41) is 15.4. The molecule has 3 heterocycles. The number of anilines is 2. The first kappa shape index (κ1) is 49.9. The second-order valence-corrected chi connectivity index (χ2v) is 19.3. The Morgan fingerprint density at radius 3 is 2.41 bits per heavy atom. The third-order valence-corrected chi connectivity index (χ3v) is 12.8. The third-order valence-electron chi connectivity index (χ3n) is 11.3. The van der Waals surface area contributed by atoms with Gasteiger partial charge in [0, 0.05) is 50.9 Å². The van der Waals surface area contributed by atoms with E-state index < -0.39 is 34.8 Å². The van der Waals surface area contributed by atoms with E-state index in [-0.39, 0.29) is 59.0 Å². The van der Waals surface area contributed by atoms with Crippen molar-refractivity contribution in [3.8, 4) is 22.3 Å². The minimum atomic E-state index is -1.13. The van der Waals surface area contributed by atoms with Crippen molar-refractivity contribution in [1.29, 1.82) is 5.26 Å². The lowest BCUT2D eigenvalue weighted by atomic mass is 9.85. The molecule has 0 spiro atoms. The largest absolute Gasteiger partial charge is 0.491 e. The van der Waals surface area contributed by atoms with Crippen LogP contribution in [0.25, 0.3) is 10.4 Å². The zero-order valence-electron chi connectivity index (χ0n) is 37.7. The number of unbranched alkanes of at least 4 members (excludes halogenated alkanes) is 1. The van der Waals surface area contributed by atoms with Crippen LogP contribution in [0.1, 0.15) is 77.8 Å². The van der Waals surface area contributed by atoms with Crippen LogP contribution in [0.4, 0.5) is 15.8 Å². The molecule has 350 valence electrons. The van der Waals surface area contributed by atoms with Gasteiger partial charge in [0.15, 0.2) is 16.7 Å². The van der Waals surface area contributed by atoms with Gasteiger partial charge in [0.25, 0.3) is 5.91 Å². The highest BCUT2D eigenvalue weighted by Crippen LogP contribution is 2.39. The fourth-order valence-electron chi connectivity index (χ4n) is 7.73. The fraction of sp³-hybridized carbons (Fsp3) is 0.438. The number of amides is 4. The van der Waals surface area contributed by atoms with Gasteiger partial charge in [-0.2, -0.15) is 5.26 Å². The summed E-state index contributed by atoms with van der Waals surface area (Å²) in [5.41, 5.74) is 3.08. The van der Waals surface area contributed by atoms with Gasteiger partial charge >= 0.3 is 0 Å². The number of hydrogen-bond donors (Lipinski definition) is 2. The van der Waals surface area contributed by atoms with Gasteiger partial charge in [0.05, 0.1) is 33.3 Å². The highest BCUT2D eigenvalue weighted by Gasteiger charge is 2.50. The van der Waals surface area contributed by atoms with E-state index in [9.17, 15) is 24.4 Å². The molecule has 18 heteroatoms. The summed E-state index contributed by atoms with van der Waals surface area (Å²) < 4.78 is 32.3. The maximum Gasteiger partial charge on any atom is 0.259 e. The number of benzene rings is 3. The molecule has 3 aromatic carbocycles. The Morgan fingerprint density at radius 1 is 1.02 bits per heavy atom. The summed E-state index contributed by atoms with van der Waals surface area (Å²) in [6.07, 6.45) is 4.87. The molecule has 2 N–H and O–H groups in total. The maximum atomic E-state index is 15.3. The highest BCUT2D eigenvalue weighted by atomic mass is 35.5. The molecular formula is C48H55ClFN7O7S2. The molecule has 0 aliphatic carbocycles. The van der Waals surface area contributed by atoms with Crippen LogP contribution in [-0.4, -0.2) is 95.8 Å². The Bertz CT molecular complexity index is 2420. The molecule has 0 radical (unpaired) electrons. The first-order valence-corrected chi connectivity index (χ1v) is 23.5. The summed E-state index contributed by atoms with van der Waals surface area (Å²) in [7, 11) is 0. The van der Waals surface area contributed by atoms with E-state index in [1.807, 2.05) is 57.3 Å². The number of rotatable bonds is 20. The molecule has 0 bridgehead atoms.